The third-order valence-electron chi connectivity index (χ3n) is 4.29. The van der Waals surface area contributed by atoms with Gasteiger partial charge in [0.05, 0.1) is 38.0 Å². The maximum absolute atomic E-state index is 14.2. The Morgan fingerprint density at radius 3 is 2.57 bits per heavy atom. The zero-order valence-electron chi connectivity index (χ0n) is 16.0. The zero-order chi connectivity index (χ0) is 20.3. The highest BCUT2D eigenvalue weighted by Crippen LogP contribution is 2.32. The van der Waals surface area contributed by atoms with Gasteiger partial charge in [0.2, 0.25) is 0 Å². The predicted molar refractivity (Wildman–Crippen MR) is 107 cm³/mol. The van der Waals surface area contributed by atoms with Gasteiger partial charge in [0, 0.05) is 19.0 Å². The summed E-state index contributed by atoms with van der Waals surface area (Å²) >= 11 is 1.30. The summed E-state index contributed by atoms with van der Waals surface area (Å²) < 4.78 is 34.5. The van der Waals surface area contributed by atoms with Crippen molar-refractivity contribution >= 4 is 32.6 Å². The number of fused-ring (bicyclic) bond motifs is 1. The van der Waals surface area contributed by atoms with E-state index in [-0.39, 0.29) is 0 Å². The van der Waals surface area contributed by atoms with Crippen LogP contribution < -0.4 is 14.5 Å². The predicted octanol–water partition coefficient (Wildman–Crippen LogP) is 2.76. The van der Waals surface area contributed by atoms with Crippen LogP contribution in [0.5, 0.6) is 5.75 Å². The highest BCUT2D eigenvalue weighted by Gasteiger charge is 2.26. The van der Waals surface area contributed by atoms with E-state index in [0.717, 1.165) is 23.4 Å². The second-order valence-electron chi connectivity index (χ2n) is 6.69. The fourth-order valence-corrected chi connectivity index (χ4v) is 3.82. The van der Waals surface area contributed by atoms with Crippen LogP contribution in [-0.4, -0.2) is 45.2 Å². The van der Waals surface area contributed by atoms with E-state index in [9.17, 15) is 13.6 Å². The molecule has 1 amide bonds. The molecular weight excluding hydrogens is 384 g/mol. The summed E-state index contributed by atoms with van der Waals surface area (Å²) in [5.41, 5.74) is 0.112. The Hall–Kier alpha value is -2.58. The fourth-order valence-electron chi connectivity index (χ4n) is 2.85. The molecule has 0 radical (unpaired) electrons. The molecule has 0 aliphatic rings. The largest absolute Gasteiger partial charge is 0.497 e. The first-order valence-electron chi connectivity index (χ1n) is 8.90. The second-order valence-corrected chi connectivity index (χ2v) is 7.70. The van der Waals surface area contributed by atoms with Crippen LogP contribution in [0.3, 0.4) is 0 Å². The van der Waals surface area contributed by atoms with E-state index in [4.69, 9.17) is 4.74 Å². The van der Waals surface area contributed by atoms with Gasteiger partial charge in [-0.2, -0.15) is 0 Å². The molecule has 1 N–H and O–H groups in total. The van der Waals surface area contributed by atoms with Gasteiger partial charge in [-0.05, 0) is 24.3 Å². The lowest BCUT2D eigenvalue weighted by molar-refractivity contribution is -0.858. The Balaban J connectivity index is 2.00. The first kappa shape index (κ1) is 20.2. The van der Waals surface area contributed by atoms with Crippen molar-refractivity contribution in [2.24, 2.45) is 0 Å². The van der Waals surface area contributed by atoms with Crippen molar-refractivity contribution in [2.45, 2.75) is 6.42 Å². The van der Waals surface area contributed by atoms with E-state index in [0.29, 0.717) is 29.4 Å². The van der Waals surface area contributed by atoms with Crippen molar-refractivity contribution in [2.75, 3.05) is 39.2 Å². The average molecular weight is 406 g/mol. The molecule has 2 aromatic carbocycles. The highest BCUT2D eigenvalue weighted by molar-refractivity contribution is 7.22. The van der Waals surface area contributed by atoms with Crippen molar-refractivity contribution in [3.05, 3.63) is 53.6 Å². The molecular formula is C20H22F2N3O2S+. The lowest BCUT2D eigenvalue weighted by Crippen LogP contribution is -3.05. The molecule has 28 heavy (non-hydrogen) atoms. The van der Waals surface area contributed by atoms with Crippen LogP contribution in [0.1, 0.15) is 16.8 Å². The van der Waals surface area contributed by atoms with Gasteiger partial charge in [0.15, 0.2) is 5.13 Å². The maximum Gasteiger partial charge on any atom is 0.266 e. The number of quaternary nitrogens is 1. The molecule has 0 atom stereocenters. The topological polar surface area (TPSA) is 46.9 Å². The van der Waals surface area contributed by atoms with Gasteiger partial charge >= 0.3 is 0 Å². The quantitative estimate of drug-likeness (QED) is 0.656. The van der Waals surface area contributed by atoms with Gasteiger partial charge in [0.1, 0.15) is 22.9 Å². The number of nitrogens with one attached hydrogen (secondary N) is 1. The van der Waals surface area contributed by atoms with Gasteiger partial charge in [0.25, 0.3) is 5.91 Å². The van der Waals surface area contributed by atoms with E-state index in [2.05, 4.69) is 4.98 Å². The number of carbonyl (C=O) groups excluding carboxylic acids is 1. The van der Waals surface area contributed by atoms with Crippen LogP contribution in [-0.2, 0) is 0 Å². The summed E-state index contributed by atoms with van der Waals surface area (Å²) in [6.45, 7) is 1.12. The number of halogens is 2. The van der Waals surface area contributed by atoms with Crippen LogP contribution in [0.15, 0.2) is 36.4 Å². The molecule has 0 aliphatic carbocycles. The summed E-state index contributed by atoms with van der Waals surface area (Å²) in [6.07, 6.45) is 0.670. The molecule has 0 fully saturated rings. The summed E-state index contributed by atoms with van der Waals surface area (Å²) in [5, 5.41) is 0.407. The minimum atomic E-state index is -0.879. The Labute approximate surface area is 166 Å². The van der Waals surface area contributed by atoms with Crippen LogP contribution in [0.4, 0.5) is 13.9 Å². The summed E-state index contributed by atoms with van der Waals surface area (Å²) in [7, 11) is 5.58. The summed E-state index contributed by atoms with van der Waals surface area (Å²) in [6, 6.07) is 8.84. The van der Waals surface area contributed by atoms with Crippen LogP contribution in [0.2, 0.25) is 0 Å². The van der Waals surface area contributed by atoms with Crippen molar-refractivity contribution in [3.8, 4) is 5.75 Å². The van der Waals surface area contributed by atoms with E-state index in [1.165, 1.54) is 27.2 Å². The number of nitrogens with zero attached hydrogens (tertiary/aromatic N) is 2. The number of hydrogen-bond acceptors (Lipinski definition) is 4. The van der Waals surface area contributed by atoms with Gasteiger partial charge in [-0.3, -0.25) is 9.69 Å². The van der Waals surface area contributed by atoms with Gasteiger partial charge in [-0.15, -0.1) is 0 Å². The van der Waals surface area contributed by atoms with E-state index in [1.54, 1.807) is 13.2 Å². The van der Waals surface area contributed by atoms with Crippen molar-refractivity contribution in [1.82, 2.24) is 4.98 Å². The van der Waals surface area contributed by atoms with Crippen molar-refractivity contribution in [3.63, 3.8) is 0 Å². The number of hydrogen-bond donors (Lipinski definition) is 1. The lowest BCUT2D eigenvalue weighted by atomic mass is 10.1. The number of carbonyl (C=O) groups is 1. The van der Waals surface area contributed by atoms with Crippen LogP contribution in [0.25, 0.3) is 10.2 Å². The molecule has 1 heterocycles. The Morgan fingerprint density at radius 1 is 1.21 bits per heavy atom. The Bertz CT molecular complexity index is 970. The standard InChI is InChI=1S/C20H21F2N3O2S/c1-24(2)10-5-11-25(19(26)18-14(21)6-4-7-15(18)22)20-23-16-12-13(27-3)8-9-17(16)28-20/h4,6-9,12H,5,10-11H2,1-3H3/p+1. The first-order chi connectivity index (χ1) is 13.4. The lowest BCUT2D eigenvalue weighted by Gasteiger charge is -2.21. The molecule has 0 saturated heterocycles. The highest BCUT2D eigenvalue weighted by atomic mass is 32.1. The number of thiazole rings is 1. The monoisotopic (exact) mass is 406 g/mol. The maximum atomic E-state index is 14.2. The number of amides is 1. The molecule has 3 aromatic rings. The Kier molecular flexibility index (Phi) is 6.21. The van der Waals surface area contributed by atoms with Crippen molar-refractivity contribution in [1.29, 1.82) is 0 Å². The van der Waals surface area contributed by atoms with Gasteiger partial charge < -0.3 is 9.64 Å². The SMILES string of the molecule is COc1ccc2sc(N(CCC[NH+](C)C)C(=O)c3c(F)cccc3F)nc2c1. The number of ether oxygens (including phenoxy) is 1. The number of anilines is 1. The van der Waals surface area contributed by atoms with Crippen LogP contribution >= 0.6 is 11.3 Å². The molecule has 0 unspecified atom stereocenters. The molecule has 3 rings (SSSR count). The third-order valence-corrected chi connectivity index (χ3v) is 5.35. The molecule has 0 saturated carbocycles. The normalized spacial score (nSPS) is 11.2. The molecule has 0 bridgehead atoms. The average Bonchev–Trinajstić information content (AvgIpc) is 3.07. The van der Waals surface area contributed by atoms with Crippen molar-refractivity contribution < 1.29 is 23.2 Å². The number of rotatable bonds is 7. The number of benzene rings is 2. The zero-order valence-corrected chi connectivity index (χ0v) is 16.8. The number of aromatic nitrogens is 1. The minimum Gasteiger partial charge on any atom is -0.497 e. The first-order valence-corrected chi connectivity index (χ1v) is 9.72. The van der Waals surface area contributed by atoms with Gasteiger partial charge in [-0.1, -0.05) is 17.4 Å². The summed E-state index contributed by atoms with van der Waals surface area (Å²) in [4.78, 5) is 20.1. The van der Waals surface area contributed by atoms with E-state index in [1.807, 2.05) is 26.2 Å². The molecule has 0 aliphatic heterocycles. The fraction of sp³-hybridized carbons (Fsp3) is 0.300. The Morgan fingerprint density at radius 2 is 1.93 bits per heavy atom. The van der Waals surface area contributed by atoms with Gasteiger partial charge in [-0.25, -0.2) is 13.8 Å². The van der Waals surface area contributed by atoms with E-state index < -0.39 is 23.1 Å². The molecule has 1 aromatic heterocycles. The number of methoxy groups -OCH3 is 1. The smallest absolute Gasteiger partial charge is 0.266 e. The molecule has 8 heteroatoms. The molecule has 5 nitrogen and oxygen atoms in total. The minimum absolute atomic E-state index is 0.314. The molecule has 148 valence electrons. The van der Waals surface area contributed by atoms with E-state index >= 15 is 0 Å². The second kappa shape index (κ2) is 8.62. The third kappa shape index (κ3) is 4.28. The molecule has 0 spiro atoms. The van der Waals surface area contributed by atoms with Crippen LogP contribution in [0, 0.1) is 11.6 Å². The summed E-state index contributed by atoms with van der Waals surface area (Å²) in [5.74, 6) is -1.83.